The first-order valence-corrected chi connectivity index (χ1v) is 19.9. The van der Waals surface area contributed by atoms with Crippen molar-refractivity contribution in [2.24, 2.45) is 17.8 Å². The van der Waals surface area contributed by atoms with Gasteiger partial charge < -0.3 is 29.9 Å². The van der Waals surface area contributed by atoms with Gasteiger partial charge in [-0.05, 0) is 132 Å². The Kier molecular flexibility index (Phi) is 9.75. The van der Waals surface area contributed by atoms with Gasteiger partial charge in [-0.2, -0.15) is 0 Å². The van der Waals surface area contributed by atoms with Crippen LogP contribution in [0.15, 0.2) is 53.4 Å². The van der Waals surface area contributed by atoms with Crippen molar-refractivity contribution in [1.82, 2.24) is 15.1 Å². The minimum absolute atomic E-state index is 0.000266. The molecule has 268 valence electrons. The Hall–Kier alpha value is -2.73. The molecule has 1 amide bonds. The number of rotatable bonds is 11. The lowest BCUT2D eigenvalue weighted by Gasteiger charge is -2.54. The summed E-state index contributed by atoms with van der Waals surface area (Å²) < 4.78 is 45.9. The highest BCUT2D eigenvalue weighted by molar-refractivity contribution is 7.92. The summed E-state index contributed by atoms with van der Waals surface area (Å²) in [6.45, 7) is 9.65. The van der Waals surface area contributed by atoms with E-state index in [9.17, 15) is 22.7 Å². The van der Waals surface area contributed by atoms with Gasteiger partial charge >= 0.3 is 6.09 Å². The van der Waals surface area contributed by atoms with Gasteiger partial charge in [-0.1, -0.05) is 18.6 Å². The minimum Gasteiger partial charge on any atom is -0.453 e. The second-order valence-electron chi connectivity index (χ2n) is 15.9. The number of amides is 1. The SMILES string of the molecule is COC(=O)N[C@H]1CCC[C@@H]1C(CN1CCC1)(c1cccc(F)c1)C1CCN(CC2CN(c3ccc(S(=O)(=O)C4CC(C)(O)C4)cc3)C2)CC1. The number of benzene rings is 2. The predicted octanol–water partition coefficient (Wildman–Crippen LogP) is 4.83. The van der Waals surface area contributed by atoms with Crippen molar-refractivity contribution in [1.29, 1.82) is 0 Å². The lowest BCUT2D eigenvalue weighted by atomic mass is 9.57. The highest BCUT2D eigenvalue weighted by Crippen LogP contribution is 2.51. The fourth-order valence-electron chi connectivity index (χ4n) is 9.81. The van der Waals surface area contributed by atoms with E-state index in [0.29, 0.717) is 29.6 Å². The van der Waals surface area contributed by atoms with Gasteiger partial charge in [0.05, 0.1) is 22.9 Å². The number of ether oxygens (including phenoxy) is 1. The van der Waals surface area contributed by atoms with Crippen LogP contribution in [-0.2, 0) is 20.0 Å². The monoisotopic (exact) mass is 696 g/mol. The zero-order chi connectivity index (χ0) is 34.4. The van der Waals surface area contributed by atoms with Crippen LogP contribution in [0.25, 0.3) is 0 Å². The van der Waals surface area contributed by atoms with E-state index in [1.54, 1.807) is 31.2 Å². The number of nitrogens with zero attached hydrogens (tertiary/aromatic N) is 3. The van der Waals surface area contributed by atoms with Gasteiger partial charge in [-0.25, -0.2) is 17.6 Å². The number of alkyl carbamates (subject to hydrolysis) is 1. The molecule has 2 aromatic rings. The van der Waals surface area contributed by atoms with Crippen molar-refractivity contribution in [2.45, 2.75) is 85.5 Å². The molecule has 3 atom stereocenters. The van der Waals surface area contributed by atoms with E-state index in [1.165, 1.54) is 13.5 Å². The third kappa shape index (κ3) is 6.97. The molecule has 5 fully saturated rings. The van der Waals surface area contributed by atoms with Crippen LogP contribution in [0.3, 0.4) is 0 Å². The highest BCUT2D eigenvalue weighted by atomic mass is 32.2. The van der Waals surface area contributed by atoms with Gasteiger partial charge in [0, 0.05) is 49.2 Å². The quantitative estimate of drug-likeness (QED) is 0.345. The summed E-state index contributed by atoms with van der Waals surface area (Å²) in [4.78, 5) is 20.2. The van der Waals surface area contributed by atoms with E-state index < -0.39 is 20.7 Å². The average Bonchev–Trinajstić information content (AvgIpc) is 3.50. The minimum atomic E-state index is -3.42. The van der Waals surface area contributed by atoms with Crippen molar-refractivity contribution in [3.05, 3.63) is 59.9 Å². The van der Waals surface area contributed by atoms with Crippen LogP contribution >= 0.6 is 0 Å². The summed E-state index contributed by atoms with van der Waals surface area (Å²) in [6.07, 6.45) is 6.42. The molecular formula is C38H53FN4O5S. The molecule has 3 aliphatic heterocycles. The van der Waals surface area contributed by atoms with Crippen LogP contribution in [0.2, 0.25) is 0 Å². The number of hydrogen-bond donors (Lipinski definition) is 2. The normalized spacial score (nSPS) is 29.8. The Morgan fingerprint density at radius 2 is 1.71 bits per heavy atom. The summed E-state index contributed by atoms with van der Waals surface area (Å²) in [5.41, 5.74) is 0.988. The van der Waals surface area contributed by atoms with Gasteiger partial charge in [0.2, 0.25) is 0 Å². The molecule has 7 rings (SSSR count). The molecule has 2 N–H and O–H groups in total. The molecule has 49 heavy (non-hydrogen) atoms. The van der Waals surface area contributed by atoms with E-state index in [2.05, 4.69) is 26.1 Å². The number of piperidine rings is 1. The first-order chi connectivity index (χ1) is 23.5. The maximum atomic E-state index is 14.9. The van der Waals surface area contributed by atoms with Crippen molar-refractivity contribution < 1.29 is 27.4 Å². The van der Waals surface area contributed by atoms with Crippen molar-refractivity contribution in [2.75, 3.05) is 64.4 Å². The van der Waals surface area contributed by atoms with Crippen LogP contribution in [0.4, 0.5) is 14.9 Å². The fraction of sp³-hybridized carbons (Fsp3) is 0.658. The summed E-state index contributed by atoms with van der Waals surface area (Å²) in [7, 11) is -2.00. The number of anilines is 1. The van der Waals surface area contributed by atoms with E-state index in [4.69, 9.17) is 4.74 Å². The van der Waals surface area contributed by atoms with Crippen LogP contribution in [0.1, 0.15) is 63.9 Å². The number of nitrogens with one attached hydrogen (secondary N) is 1. The zero-order valence-corrected chi connectivity index (χ0v) is 29.8. The number of likely N-dealkylation sites (tertiary alicyclic amines) is 2. The fourth-order valence-corrected chi connectivity index (χ4v) is 11.9. The molecule has 9 nitrogen and oxygen atoms in total. The van der Waals surface area contributed by atoms with Crippen LogP contribution in [0.5, 0.6) is 0 Å². The summed E-state index contributed by atoms with van der Waals surface area (Å²) in [6, 6.07) is 14.6. The number of hydrogen-bond acceptors (Lipinski definition) is 8. The van der Waals surface area contributed by atoms with Gasteiger partial charge in [0.25, 0.3) is 0 Å². The number of halogens is 1. The second kappa shape index (κ2) is 13.8. The maximum absolute atomic E-state index is 14.9. The predicted molar refractivity (Wildman–Crippen MR) is 188 cm³/mol. The number of carbonyl (C=O) groups excluding carboxylic acids is 1. The molecule has 5 aliphatic rings. The highest BCUT2D eigenvalue weighted by Gasteiger charge is 2.53. The Morgan fingerprint density at radius 1 is 1.00 bits per heavy atom. The number of methoxy groups -OCH3 is 1. The Labute approximate surface area is 291 Å². The van der Waals surface area contributed by atoms with Gasteiger partial charge in [-0.3, -0.25) is 0 Å². The Balaban J connectivity index is 1.000. The maximum Gasteiger partial charge on any atom is 0.407 e. The first-order valence-electron chi connectivity index (χ1n) is 18.3. The summed E-state index contributed by atoms with van der Waals surface area (Å²) >= 11 is 0. The molecular weight excluding hydrogens is 644 g/mol. The molecule has 0 spiro atoms. The van der Waals surface area contributed by atoms with Gasteiger partial charge in [-0.15, -0.1) is 0 Å². The molecule has 0 bridgehead atoms. The first kappa shape index (κ1) is 34.7. The summed E-state index contributed by atoms with van der Waals surface area (Å²) in [5.74, 6) is 0.928. The third-order valence-corrected chi connectivity index (χ3v) is 14.7. The smallest absolute Gasteiger partial charge is 0.407 e. The molecule has 3 heterocycles. The summed E-state index contributed by atoms with van der Waals surface area (Å²) in [5, 5.41) is 12.7. The number of aliphatic hydroxyl groups is 1. The van der Waals surface area contributed by atoms with Crippen molar-refractivity contribution >= 4 is 21.6 Å². The van der Waals surface area contributed by atoms with E-state index in [-0.39, 0.29) is 29.3 Å². The molecule has 0 radical (unpaired) electrons. The third-order valence-electron chi connectivity index (χ3n) is 12.6. The van der Waals surface area contributed by atoms with E-state index in [1.807, 2.05) is 18.2 Å². The number of sulfone groups is 1. The van der Waals surface area contributed by atoms with Gasteiger partial charge in [0.1, 0.15) is 5.82 Å². The van der Waals surface area contributed by atoms with Crippen LogP contribution in [0, 0.1) is 23.6 Å². The van der Waals surface area contributed by atoms with Gasteiger partial charge in [0.15, 0.2) is 9.84 Å². The largest absolute Gasteiger partial charge is 0.453 e. The van der Waals surface area contributed by atoms with E-state index in [0.717, 1.165) is 95.7 Å². The lowest BCUT2D eigenvalue weighted by molar-refractivity contribution is -0.0116. The Morgan fingerprint density at radius 3 is 2.33 bits per heavy atom. The molecule has 2 aromatic carbocycles. The van der Waals surface area contributed by atoms with Crippen LogP contribution in [-0.4, -0.2) is 106 Å². The topological polar surface area (TPSA) is 102 Å². The molecule has 0 aromatic heterocycles. The molecule has 3 saturated heterocycles. The molecule has 2 aliphatic carbocycles. The van der Waals surface area contributed by atoms with Crippen molar-refractivity contribution in [3.63, 3.8) is 0 Å². The second-order valence-corrected chi connectivity index (χ2v) is 18.1. The number of carbonyl (C=O) groups is 1. The Bertz CT molecular complexity index is 1580. The van der Waals surface area contributed by atoms with Crippen LogP contribution < -0.4 is 10.2 Å². The molecule has 11 heteroatoms. The van der Waals surface area contributed by atoms with E-state index >= 15 is 0 Å². The lowest BCUT2D eigenvalue weighted by Crippen LogP contribution is -2.60. The van der Waals surface area contributed by atoms with Crippen molar-refractivity contribution in [3.8, 4) is 0 Å². The zero-order valence-electron chi connectivity index (χ0n) is 29.0. The average molecular weight is 697 g/mol. The molecule has 2 saturated carbocycles. The standard InChI is InChI=1S/C38H53FN4O5S/c1-37(45)21-33(22-37)49(46,47)32-12-10-31(11-13-32)43-24-27(25-43)23-41-18-14-28(15-19-41)38(26-42-16-5-17-42,29-6-3-7-30(39)20-29)34-8-4-9-35(34)40-36(44)48-2/h3,6-7,10-13,20,27-28,33-35,45H,4-5,8-9,14-19,21-26H2,1-2H3,(H,40,44)/t33?,34-,35-,37?,38?/m0/s1. The molecule has 1 unspecified atom stereocenters.